The van der Waals surface area contributed by atoms with Crippen molar-refractivity contribution in [2.75, 3.05) is 7.11 Å². The second-order valence-electron chi connectivity index (χ2n) is 1.99. The summed E-state index contributed by atoms with van der Waals surface area (Å²) in [5, 5.41) is 9.04. The van der Waals surface area contributed by atoms with Crippen molar-refractivity contribution in [2.45, 2.75) is 6.61 Å². The SMILES string of the molecule is COCc1occc(=O)c1O. The monoisotopic (exact) mass is 156 g/mol. The molecule has 1 N–H and O–H groups in total. The average Bonchev–Trinajstić information content (AvgIpc) is 1.99. The molecule has 0 bridgehead atoms. The van der Waals surface area contributed by atoms with Crippen LogP contribution < -0.4 is 5.43 Å². The predicted octanol–water partition coefficient (Wildman–Crippen LogP) is 0.492. The van der Waals surface area contributed by atoms with Crippen LogP contribution in [0, 0.1) is 0 Å². The molecule has 0 aromatic carbocycles. The molecule has 60 valence electrons. The van der Waals surface area contributed by atoms with Gasteiger partial charge in [0.2, 0.25) is 11.2 Å². The molecule has 0 spiro atoms. The van der Waals surface area contributed by atoms with Crippen LogP contribution in [0.25, 0.3) is 0 Å². The Morgan fingerprint density at radius 2 is 2.45 bits per heavy atom. The van der Waals surface area contributed by atoms with Gasteiger partial charge in [0.25, 0.3) is 0 Å². The highest BCUT2D eigenvalue weighted by Gasteiger charge is 2.05. The van der Waals surface area contributed by atoms with E-state index < -0.39 is 5.43 Å². The molecule has 1 rings (SSSR count). The maximum absolute atomic E-state index is 10.7. The summed E-state index contributed by atoms with van der Waals surface area (Å²) >= 11 is 0. The van der Waals surface area contributed by atoms with Gasteiger partial charge in [0.05, 0.1) is 6.26 Å². The second-order valence-corrected chi connectivity index (χ2v) is 1.99. The number of hydrogen-bond donors (Lipinski definition) is 1. The lowest BCUT2D eigenvalue weighted by atomic mass is 10.3. The van der Waals surface area contributed by atoms with E-state index in [2.05, 4.69) is 4.74 Å². The van der Waals surface area contributed by atoms with E-state index in [1.807, 2.05) is 0 Å². The van der Waals surface area contributed by atoms with Crippen molar-refractivity contribution in [2.24, 2.45) is 0 Å². The topological polar surface area (TPSA) is 59.7 Å². The fraction of sp³-hybridized carbons (Fsp3) is 0.286. The van der Waals surface area contributed by atoms with Gasteiger partial charge in [-0.1, -0.05) is 0 Å². The van der Waals surface area contributed by atoms with E-state index in [-0.39, 0.29) is 18.1 Å². The van der Waals surface area contributed by atoms with Gasteiger partial charge in [-0.2, -0.15) is 0 Å². The zero-order valence-corrected chi connectivity index (χ0v) is 6.03. The number of rotatable bonds is 2. The van der Waals surface area contributed by atoms with Crippen LogP contribution in [0.15, 0.2) is 21.5 Å². The van der Waals surface area contributed by atoms with Crippen LogP contribution in [0.2, 0.25) is 0 Å². The lowest BCUT2D eigenvalue weighted by Crippen LogP contribution is -2.01. The summed E-state index contributed by atoms with van der Waals surface area (Å²) in [4.78, 5) is 10.7. The molecule has 0 aliphatic carbocycles. The highest BCUT2D eigenvalue weighted by atomic mass is 16.5. The number of hydrogen-bond acceptors (Lipinski definition) is 4. The first-order valence-corrected chi connectivity index (χ1v) is 3.04. The molecule has 1 aromatic heterocycles. The van der Waals surface area contributed by atoms with Gasteiger partial charge >= 0.3 is 0 Å². The molecule has 0 fully saturated rings. The van der Waals surface area contributed by atoms with Gasteiger partial charge in [-0.25, -0.2) is 0 Å². The molecular weight excluding hydrogens is 148 g/mol. The second kappa shape index (κ2) is 3.21. The van der Waals surface area contributed by atoms with Crippen molar-refractivity contribution in [1.29, 1.82) is 0 Å². The van der Waals surface area contributed by atoms with Crippen molar-refractivity contribution < 1.29 is 14.3 Å². The fourth-order valence-corrected chi connectivity index (χ4v) is 0.684. The molecule has 0 saturated heterocycles. The first-order valence-electron chi connectivity index (χ1n) is 3.04. The average molecular weight is 156 g/mol. The first-order chi connectivity index (χ1) is 5.25. The fourth-order valence-electron chi connectivity index (χ4n) is 0.684. The third kappa shape index (κ3) is 1.59. The van der Waals surface area contributed by atoms with E-state index in [9.17, 15) is 4.79 Å². The van der Waals surface area contributed by atoms with Gasteiger partial charge in [0.15, 0.2) is 5.76 Å². The Kier molecular flexibility index (Phi) is 2.28. The molecule has 1 aromatic rings. The van der Waals surface area contributed by atoms with E-state index in [0.717, 1.165) is 6.07 Å². The van der Waals surface area contributed by atoms with E-state index in [1.54, 1.807) is 0 Å². The quantitative estimate of drug-likeness (QED) is 0.677. The summed E-state index contributed by atoms with van der Waals surface area (Å²) in [7, 11) is 1.45. The summed E-state index contributed by atoms with van der Waals surface area (Å²) in [5.41, 5.74) is -0.455. The summed E-state index contributed by atoms with van der Waals surface area (Å²) in [6, 6.07) is 1.15. The van der Waals surface area contributed by atoms with Crippen LogP contribution in [0.3, 0.4) is 0 Å². The summed E-state index contributed by atoms with van der Waals surface area (Å²) < 4.78 is 9.48. The predicted molar refractivity (Wildman–Crippen MR) is 37.4 cm³/mol. The Hall–Kier alpha value is -1.29. The Morgan fingerprint density at radius 3 is 3.09 bits per heavy atom. The normalized spacial score (nSPS) is 9.91. The molecule has 0 amide bonds. The summed E-state index contributed by atoms with van der Waals surface area (Å²) in [6.45, 7) is 0.0991. The van der Waals surface area contributed by atoms with Crippen LogP contribution >= 0.6 is 0 Å². The zero-order valence-electron chi connectivity index (χ0n) is 6.03. The van der Waals surface area contributed by atoms with E-state index in [4.69, 9.17) is 9.52 Å². The Balaban J connectivity index is 3.06. The minimum Gasteiger partial charge on any atom is -0.502 e. The number of aromatic hydroxyl groups is 1. The van der Waals surface area contributed by atoms with Gasteiger partial charge in [-0.15, -0.1) is 0 Å². The molecule has 1 heterocycles. The van der Waals surface area contributed by atoms with E-state index in [1.165, 1.54) is 13.4 Å². The minimum atomic E-state index is -0.455. The van der Waals surface area contributed by atoms with E-state index in [0.29, 0.717) is 0 Å². The van der Waals surface area contributed by atoms with Crippen LogP contribution in [-0.4, -0.2) is 12.2 Å². The molecule has 4 nitrogen and oxygen atoms in total. The maximum atomic E-state index is 10.7. The Morgan fingerprint density at radius 1 is 1.73 bits per heavy atom. The third-order valence-electron chi connectivity index (χ3n) is 1.20. The van der Waals surface area contributed by atoms with E-state index >= 15 is 0 Å². The molecule has 0 unspecified atom stereocenters. The van der Waals surface area contributed by atoms with Crippen molar-refractivity contribution in [3.8, 4) is 5.75 Å². The van der Waals surface area contributed by atoms with Crippen molar-refractivity contribution in [1.82, 2.24) is 0 Å². The molecule has 0 aliphatic heterocycles. The first kappa shape index (κ1) is 7.81. The summed E-state index contributed by atoms with van der Waals surface area (Å²) in [6.07, 6.45) is 1.22. The van der Waals surface area contributed by atoms with Crippen molar-refractivity contribution >= 4 is 0 Å². The van der Waals surface area contributed by atoms with Gasteiger partial charge in [-0.3, -0.25) is 4.79 Å². The Bertz CT molecular complexity index is 289. The maximum Gasteiger partial charge on any atom is 0.226 e. The lowest BCUT2D eigenvalue weighted by Gasteiger charge is -1.98. The van der Waals surface area contributed by atoms with Crippen molar-refractivity contribution in [3.05, 3.63) is 28.3 Å². The molecule has 4 heteroatoms. The smallest absolute Gasteiger partial charge is 0.226 e. The highest BCUT2D eigenvalue weighted by molar-refractivity contribution is 5.21. The standard InChI is InChI=1S/C7H8O4/c1-10-4-6-7(9)5(8)2-3-11-6/h2-3,9H,4H2,1H3. The molecule has 0 radical (unpaired) electrons. The van der Waals surface area contributed by atoms with Gasteiger partial charge in [0, 0.05) is 13.2 Å². The van der Waals surface area contributed by atoms with Crippen LogP contribution in [0.5, 0.6) is 5.75 Å². The molecule has 11 heavy (non-hydrogen) atoms. The Labute approximate surface area is 63.0 Å². The zero-order chi connectivity index (χ0) is 8.27. The van der Waals surface area contributed by atoms with Gasteiger partial charge < -0.3 is 14.3 Å². The lowest BCUT2D eigenvalue weighted by molar-refractivity contribution is 0.157. The van der Waals surface area contributed by atoms with Crippen LogP contribution in [0.1, 0.15) is 5.76 Å². The highest BCUT2D eigenvalue weighted by Crippen LogP contribution is 2.10. The minimum absolute atomic E-state index is 0.0991. The van der Waals surface area contributed by atoms with Crippen LogP contribution in [-0.2, 0) is 11.3 Å². The molecule has 0 aliphatic rings. The van der Waals surface area contributed by atoms with Crippen LogP contribution in [0.4, 0.5) is 0 Å². The number of methoxy groups -OCH3 is 1. The summed E-state index contributed by atoms with van der Waals surface area (Å²) in [5.74, 6) is -0.227. The van der Waals surface area contributed by atoms with Crippen molar-refractivity contribution in [3.63, 3.8) is 0 Å². The van der Waals surface area contributed by atoms with Gasteiger partial charge in [0.1, 0.15) is 6.61 Å². The third-order valence-corrected chi connectivity index (χ3v) is 1.20. The molecule has 0 saturated carbocycles. The largest absolute Gasteiger partial charge is 0.502 e. The molecular formula is C7H8O4. The number of ether oxygens (including phenoxy) is 1. The van der Waals surface area contributed by atoms with Gasteiger partial charge in [-0.05, 0) is 0 Å². The molecule has 0 atom stereocenters.